The van der Waals surface area contributed by atoms with Crippen LogP contribution in [0.4, 0.5) is 27.6 Å². The van der Waals surface area contributed by atoms with E-state index in [4.69, 9.17) is 4.42 Å². The summed E-state index contributed by atoms with van der Waals surface area (Å²) in [6.07, 6.45) is 1.95. The summed E-state index contributed by atoms with van der Waals surface area (Å²) in [6, 6.07) is 5.28. The Kier molecular flexibility index (Phi) is 10.3. The largest absolute Gasteiger partial charge is 0.472 e. The average Bonchev–Trinajstić information content (AvgIpc) is 3.42. The van der Waals surface area contributed by atoms with Crippen molar-refractivity contribution >= 4 is 29.3 Å². The van der Waals surface area contributed by atoms with E-state index in [2.05, 4.69) is 4.99 Å². The van der Waals surface area contributed by atoms with Crippen LogP contribution in [0.25, 0.3) is 5.57 Å². The van der Waals surface area contributed by atoms with Crippen LogP contribution in [-0.4, -0.2) is 60.7 Å². The molecule has 0 fully saturated rings. The molecule has 2 aliphatic heterocycles. The van der Waals surface area contributed by atoms with Crippen molar-refractivity contribution in [1.82, 2.24) is 9.80 Å². The number of hydrogen-bond acceptors (Lipinski definition) is 5. The molecular formula is C29H31F5N4O3. The highest BCUT2D eigenvalue weighted by molar-refractivity contribution is 6.08. The van der Waals surface area contributed by atoms with Crippen molar-refractivity contribution < 1.29 is 36.0 Å². The Labute approximate surface area is 234 Å². The van der Waals surface area contributed by atoms with E-state index in [-0.39, 0.29) is 29.4 Å². The zero-order valence-corrected chi connectivity index (χ0v) is 23.1. The Bertz CT molecular complexity index is 1370. The Morgan fingerprint density at radius 1 is 1.15 bits per heavy atom. The molecule has 0 atom stereocenters. The summed E-state index contributed by atoms with van der Waals surface area (Å²) in [4.78, 5) is 32.0. The molecule has 0 N–H and O–H groups in total. The summed E-state index contributed by atoms with van der Waals surface area (Å²) in [5.74, 6) is -2.31. The van der Waals surface area contributed by atoms with Gasteiger partial charge in [-0.05, 0) is 44.5 Å². The third kappa shape index (κ3) is 7.11. The lowest BCUT2D eigenvalue weighted by molar-refractivity contribution is -0.127. The Morgan fingerprint density at radius 2 is 1.85 bits per heavy atom. The van der Waals surface area contributed by atoms with Crippen molar-refractivity contribution in [3.05, 3.63) is 83.2 Å². The van der Waals surface area contributed by atoms with Crippen LogP contribution in [0.15, 0.2) is 75.4 Å². The van der Waals surface area contributed by atoms with E-state index in [1.165, 1.54) is 31.7 Å². The fourth-order valence-corrected chi connectivity index (χ4v) is 4.39. The lowest BCUT2D eigenvalue weighted by atomic mass is 9.99. The molecule has 0 radical (unpaired) electrons. The first-order valence-electron chi connectivity index (χ1n) is 13.0. The highest BCUT2D eigenvalue weighted by Crippen LogP contribution is 2.36. The van der Waals surface area contributed by atoms with Crippen LogP contribution >= 0.6 is 0 Å². The van der Waals surface area contributed by atoms with E-state index >= 15 is 0 Å². The fourth-order valence-electron chi connectivity index (χ4n) is 4.39. The number of rotatable bonds is 7. The van der Waals surface area contributed by atoms with Gasteiger partial charge in [0.2, 0.25) is 6.41 Å². The first kappa shape index (κ1) is 31.3. The number of alkyl halides is 3. The van der Waals surface area contributed by atoms with Crippen molar-refractivity contribution in [2.75, 3.05) is 31.6 Å². The zero-order valence-electron chi connectivity index (χ0n) is 23.1. The van der Waals surface area contributed by atoms with E-state index < -0.39 is 23.4 Å². The van der Waals surface area contributed by atoms with Gasteiger partial charge >= 0.3 is 6.18 Å². The summed E-state index contributed by atoms with van der Waals surface area (Å²) in [6.45, 7) is 6.77. The highest BCUT2D eigenvalue weighted by Gasteiger charge is 2.39. The molecule has 1 aromatic carbocycles. The summed E-state index contributed by atoms with van der Waals surface area (Å²) in [5.41, 5.74) is 0.596. The number of allylic oxidation sites excluding steroid dienone is 4. The summed E-state index contributed by atoms with van der Waals surface area (Å²) in [5, 5.41) is 0. The van der Waals surface area contributed by atoms with Gasteiger partial charge in [-0.25, -0.2) is 13.8 Å². The van der Waals surface area contributed by atoms with Gasteiger partial charge < -0.3 is 19.1 Å². The van der Waals surface area contributed by atoms with Crippen LogP contribution in [0.5, 0.6) is 0 Å². The van der Waals surface area contributed by atoms with Gasteiger partial charge in [0.15, 0.2) is 11.6 Å². The minimum atomic E-state index is -4.59. The molecule has 7 nitrogen and oxygen atoms in total. The third-order valence-electron chi connectivity index (χ3n) is 6.58. The van der Waals surface area contributed by atoms with Gasteiger partial charge in [0.05, 0.1) is 29.5 Å². The van der Waals surface area contributed by atoms with Gasteiger partial charge in [0.25, 0.3) is 5.91 Å². The van der Waals surface area contributed by atoms with Crippen LogP contribution in [-0.2, 0) is 9.59 Å². The van der Waals surface area contributed by atoms with Gasteiger partial charge in [-0.3, -0.25) is 9.59 Å². The maximum Gasteiger partial charge on any atom is 0.418 e. The number of anilines is 1. The van der Waals surface area contributed by atoms with Crippen LogP contribution in [0, 0.1) is 11.6 Å². The smallest absolute Gasteiger partial charge is 0.418 e. The third-order valence-corrected chi connectivity index (χ3v) is 6.58. The number of halogens is 5. The van der Waals surface area contributed by atoms with E-state index in [0.717, 1.165) is 17.0 Å². The second-order valence-corrected chi connectivity index (χ2v) is 9.07. The SMILES string of the molecule is CCC1=C(C(=O)N(CC)CC)N=C2CCN1C=C(c1ccoc1)C=C2C(F)(F)F.CN(C=O)c1cccc(F)c1F. The lowest BCUT2D eigenvalue weighted by Crippen LogP contribution is -2.33. The van der Waals surface area contributed by atoms with Crippen molar-refractivity contribution in [2.24, 2.45) is 4.99 Å². The number of carbonyl (C=O) groups excluding carboxylic acids is 2. The normalized spacial score (nSPS) is 15.0. The second-order valence-electron chi connectivity index (χ2n) is 9.07. The summed E-state index contributed by atoms with van der Waals surface area (Å²) in [7, 11) is 1.35. The minimum Gasteiger partial charge on any atom is -0.472 e. The number of benzene rings is 1. The van der Waals surface area contributed by atoms with Crippen molar-refractivity contribution in [3.63, 3.8) is 0 Å². The molecule has 0 saturated carbocycles. The first-order valence-corrected chi connectivity index (χ1v) is 13.0. The number of furan rings is 1. The molecule has 0 spiro atoms. The Hall–Kier alpha value is -4.22. The topological polar surface area (TPSA) is 69.4 Å². The summed E-state index contributed by atoms with van der Waals surface area (Å²) >= 11 is 0. The Balaban J connectivity index is 0.000000322. The van der Waals surface area contributed by atoms with Crippen molar-refractivity contribution in [3.8, 4) is 0 Å². The van der Waals surface area contributed by atoms with Crippen LogP contribution < -0.4 is 4.90 Å². The molecule has 12 heteroatoms. The van der Waals surface area contributed by atoms with Gasteiger partial charge in [-0.2, -0.15) is 13.2 Å². The Morgan fingerprint density at radius 3 is 2.41 bits per heavy atom. The molecule has 2 amide bonds. The molecule has 4 rings (SSSR count). The molecular weight excluding hydrogens is 547 g/mol. The second kappa shape index (κ2) is 13.4. The number of carbonyl (C=O) groups is 2. The van der Waals surface area contributed by atoms with Crippen molar-refractivity contribution in [2.45, 2.75) is 39.8 Å². The number of aliphatic imine (C=N–C) groups is 1. The van der Waals surface area contributed by atoms with Gasteiger partial charge in [-0.15, -0.1) is 0 Å². The van der Waals surface area contributed by atoms with Gasteiger partial charge in [-0.1, -0.05) is 13.0 Å². The van der Waals surface area contributed by atoms with Crippen molar-refractivity contribution in [1.29, 1.82) is 0 Å². The molecule has 41 heavy (non-hydrogen) atoms. The number of nitrogens with zero attached hydrogens (tertiary/aromatic N) is 4. The number of amides is 2. The molecule has 2 aromatic rings. The van der Waals surface area contributed by atoms with E-state index in [1.54, 1.807) is 17.2 Å². The van der Waals surface area contributed by atoms with Crippen LogP contribution in [0.3, 0.4) is 0 Å². The van der Waals surface area contributed by atoms with E-state index in [1.807, 2.05) is 25.7 Å². The molecule has 0 unspecified atom stereocenters. The first-order chi connectivity index (χ1) is 19.5. The zero-order chi connectivity index (χ0) is 30.3. The highest BCUT2D eigenvalue weighted by atomic mass is 19.4. The quantitative estimate of drug-likeness (QED) is 0.285. The predicted octanol–water partition coefficient (Wildman–Crippen LogP) is 6.32. The standard InChI is InChI=1S/C21H24F3N3O2.C8H7F2NO/c1-4-18-19(20(28)26(5-2)6-3)25-17-7-9-27(18)12-15(14-8-10-29-13-14)11-16(17)21(22,23)24;1-11(5-12)7-4-2-3-6(9)8(7)10/h8,10-13H,4-7,9H2,1-3H3;2-5H,1H3. The van der Waals surface area contributed by atoms with E-state index in [0.29, 0.717) is 49.3 Å². The van der Waals surface area contributed by atoms with Gasteiger partial charge in [0.1, 0.15) is 5.70 Å². The molecule has 0 saturated heterocycles. The van der Waals surface area contributed by atoms with Crippen LogP contribution in [0.2, 0.25) is 0 Å². The molecule has 3 heterocycles. The average molecular weight is 579 g/mol. The molecule has 2 bridgehead atoms. The fraction of sp³-hybridized carbons (Fsp3) is 0.345. The van der Waals surface area contributed by atoms with Crippen LogP contribution in [0.1, 0.15) is 39.2 Å². The maximum absolute atomic E-state index is 13.9. The molecule has 0 aliphatic carbocycles. The van der Waals surface area contributed by atoms with Gasteiger partial charge in [0, 0.05) is 56.1 Å². The maximum atomic E-state index is 13.9. The van der Waals surface area contributed by atoms with E-state index in [9.17, 15) is 31.5 Å². The minimum absolute atomic E-state index is 0.0648. The summed E-state index contributed by atoms with van der Waals surface area (Å²) < 4.78 is 72.3. The predicted molar refractivity (Wildman–Crippen MR) is 146 cm³/mol. The molecule has 220 valence electrons. The number of likely N-dealkylation sites (N-methyl/N-ethyl adjacent to an activating group) is 1. The molecule has 2 aliphatic rings. The number of fused-ring (bicyclic) bond motifs is 3. The number of hydrogen-bond donors (Lipinski definition) is 0. The lowest BCUT2D eigenvalue weighted by Gasteiger charge is -2.26. The monoisotopic (exact) mass is 578 g/mol. The molecule has 1 aromatic heterocycles.